The third-order valence-corrected chi connectivity index (χ3v) is 6.20. The van der Waals surface area contributed by atoms with E-state index in [9.17, 15) is 4.79 Å². The lowest BCUT2D eigenvalue weighted by molar-refractivity contribution is -0.134. The second-order valence-corrected chi connectivity index (χ2v) is 7.65. The lowest BCUT2D eigenvalue weighted by Gasteiger charge is -2.31. The van der Waals surface area contributed by atoms with E-state index in [1.54, 1.807) is 0 Å². The first-order valence-corrected chi connectivity index (χ1v) is 9.38. The summed E-state index contributed by atoms with van der Waals surface area (Å²) >= 11 is 0. The van der Waals surface area contributed by atoms with Gasteiger partial charge in [0.15, 0.2) is 6.19 Å². The van der Waals surface area contributed by atoms with Crippen LogP contribution in [0.2, 0.25) is 0 Å². The Morgan fingerprint density at radius 3 is 2.83 bits per heavy atom. The van der Waals surface area contributed by atoms with Gasteiger partial charge in [0.2, 0.25) is 5.91 Å². The molecule has 2 aliphatic heterocycles. The molecule has 0 aromatic rings. The standard InChI is InChI=1S/C18H30N4O2/c1-24-16-4-2-14(3-5-16)17-8-15(10-21-17)18(23)22-7-6-13(11-22)9-20-12-19/h13-17,20-21H,2-11H2,1H3/t13-,14?,15?,16?,17?/m1/s1. The first kappa shape index (κ1) is 17.5. The number of nitriles is 1. The van der Waals surface area contributed by atoms with Gasteiger partial charge in [0.25, 0.3) is 0 Å². The number of carbonyl (C=O) groups excluding carboxylic acids is 1. The van der Waals surface area contributed by atoms with Crippen LogP contribution in [-0.4, -0.2) is 56.2 Å². The topological polar surface area (TPSA) is 77.4 Å². The summed E-state index contributed by atoms with van der Waals surface area (Å²) in [5, 5.41) is 14.9. The maximum absolute atomic E-state index is 12.8. The highest BCUT2D eigenvalue weighted by Crippen LogP contribution is 2.33. The van der Waals surface area contributed by atoms with Crippen LogP contribution in [0.15, 0.2) is 0 Å². The number of ether oxygens (including phenoxy) is 1. The first-order valence-electron chi connectivity index (χ1n) is 9.38. The van der Waals surface area contributed by atoms with Crippen LogP contribution < -0.4 is 10.6 Å². The number of rotatable bonds is 5. The molecule has 2 saturated heterocycles. The van der Waals surface area contributed by atoms with Crippen LogP contribution in [0.25, 0.3) is 0 Å². The van der Waals surface area contributed by atoms with Gasteiger partial charge < -0.3 is 20.3 Å². The number of nitrogens with zero attached hydrogens (tertiary/aromatic N) is 2. The SMILES string of the molecule is COC1CCC(C2CC(C(=O)N3CC[C@H](CNC#N)C3)CN2)CC1. The van der Waals surface area contributed by atoms with Gasteiger partial charge >= 0.3 is 0 Å². The molecule has 2 heterocycles. The van der Waals surface area contributed by atoms with E-state index in [-0.39, 0.29) is 5.92 Å². The fourth-order valence-corrected chi connectivity index (χ4v) is 4.69. The summed E-state index contributed by atoms with van der Waals surface area (Å²) in [4.78, 5) is 14.8. The maximum atomic E-state index is 12.8. The minimum atomic E-state index is 0.137. The van der Waals surface area contributed by atoms with Gasteiger partial charge in [0, 0.05) is 39.3 Å². The Kier molecular flexibility index (Phi) is 5.96. The molecule has 1 amide bonds. The van der Waals surface area contributed by atoms with E-state index in [4.69, 9.17) is 10.00 Å². The van der Waals surface area contributed by atoms with Crippen LogP contribution in [0.4, 0.5) is 0 Å². The Balaban J connectivity index is 1.44. The third-order valence-electron chi connectivity index (χ3n) is 6.20. The van der Waals surface area contributed by atoms with Gasteiger partial charge in [-0.05, 0) is 50.4 Å². The molecule has 1 aliphatic carbocycles. The number of nitrogens with one attached hydrogen (secondary N) is 2. The summed E-state index contributed by atoms with van der Waals surface area (Å²) in [6.07, 6.45) is 9.12. The van der Waals surface area contributed by atoms with Crippen molar-refractivity contribution in [1.82, 2.24) is 15.5 Å². The van der Waals surface area contributed by atoms with Gasteiger partial charge in [-0.3, -0.25) is 4.79 Å². The Morgan fingerprint density at radius 1 is 1.33 bits per heavy atom. The quantitative estimate of drug-likeness (QED) is 0.581. The summed E-state index contributed by atoms with van der Waals surface area (Å²) in [5.74, 6) is 1.57. The summed E-state index contributed by atoms with van der Waals surface area (Å²) in [6.45, 7) is 3.16. The molecule has 3 aliphatic rings. The van der Waals surface area contributed by atoms with Gasteiger partial charge in [0.1, 0.15) is 0 Å². The second-order valence-electron chi connectivity index (χ2n) is 7.65. The van der Waals surface area contributed by atoms with Crippen LogP contribution in [0.3, 0.4) is 0 Å². The van der Waals surface area contributed by atoms with Crippen molar-refractivity contribution >= 4 is 5.91 Å². The number of methoxy groups -OCH3 is 1. The average Bonchev–Trinajstić information content (AvgIpc) is 3.29. The molecule has 24 heavy (non-hydrogen) atoms. The highest BCUT2D eigenvalue weighted by molar-refractivity contribution is 5.79. The van der Waals surface area contributed by atoms with Crippen LogP contribution in [0.5, 0.6) is 0 Å². The zero-order valence-electron chi connectivity index (χ0n) is 14.7. The van der Waals surface area contributed by atoms with Crippen LogP contribution >= 0.6 is 0 Å². The van der Waals surface area contributed by atoms with E-state index in [1.807, 2.05) is 18.2 Å². The number of hydrogen-bond donors (Lipinski definition) is 2. The van der Waals surface area contributed by atoms with Crippen molar-refractivity contribution in [2.24, 2.45) is 17.8 Å². The van der Waals surface area contributed by atoms with Gasteiger partial charge in [0.05, 0.1) is 12.0 Å². The molecule has 3 rings (SSSR count). The zero-order chi connectivity index (χ0) is 16.9. The molecule has 1 saturated carbocycles. The molecule has 2 unspecified atom stereocenters. The number of hydrogen-bond acceptors (Lipinski definition) is 5. The summed E-state index contributed by atoms with van der Waals surface area (Å²) in [6, 6.07) is 0.496. The molecule has 3 atom stereocenters. The van der Waals surface area contributed by atoms with Crippen molar-refractivity contribution in [2.45, 2.75) is 50.7 Å². The maximum Gasteiger partial charge on any atom is 0.227 e. The van der Waals surface area contributed by atoms with Crippen molar-refractivity contribution in [3.05, 3.63) is 0 Å². The van der Waals surface area contributed by atoms with Crippen molar-refractivity contribution in [2.75, 3.05) is 33.3 Å². The van der Waals surface area contributed by atoms with Crippen LogP contribution in [-0.2, 0) is 9.53 Å². The second kappa shape index (κ2) is 8.17. The molecule has 2 N–H and O–H groups in total. The van der Waals surface area contributed by atoms with Crippen LogP contribution in [0, 0.1) is 29.2 Å². The third kappa shape index (κ3) is 4.01. The molecule has 0 bridgehead atoms. The molecule has 134 valence electrons. The highest BCUT2D eigenvalue weighted by atomic mass is 16.5. The van der Waals surface area contributed by atoms with Gasteiger partial charge in [-0.25, -0.2) is 0 Å². The molecule has 0 radical (unpaired) electrons. The van der Waals surface area contributed by atoms with E-state index in [1.165, 1.54) is 12.8 Å². The molecule has 6 nitrogen and oxygen atoms in total. The van der Waals surface area contributed by atoms with Crippen molar-refractivity contribution in [3.63, 3.8) is 0 Å². The van der Waals surface area contributed by atoms with Crippen LogP contribution in [0.1, 0.15) is 38.5 Å². The largest absolute Gasteiger partial charge is 0.381 e. The lowest BCUT2D eigenvalue weighted by Crippen LogP contribution is -2.36. The Bertz CT molecular complexity index is 470. The Labute approximate surface area is 144 Å². The molecule has 0 aromatic carbocycles. The Morgan fingerprint density at radius 2 is 2.12 bits per heavy atom. The highest BCUT2D eigenvalue weighted by Gasteiger charge is 2.38. The average molecular weight is 334 g/mol. The monoisotopic (exact) mass is 334 g/mol. The molecular formula is C18H30N4O2. The van der Waals surface area contributed by atoms with E-state index in [0.29, 0.717) is 36.4 Å². The predicted molar refractivity (Wildman–Crippen MR) is 91.0 cm³/mol. The number of likely N-dealkylation sites (tertiary alicyclic amines) is 1. The van der Waals surface area contributed by atoms with E-state index in [0.717, 1.165) is 45.3 Å². The summed E-state index contributed by atoms with van der Waals surface area (Å²) in [5.41, 5.74) is 0. The summed E-state index contributed by atoms with van der Waals surface area (Å²) < 4.78 is 5.46. The van der Waals surface area contributed by atoms with Crippen molar-refractivity contribution < 1.29 is 9.53 Å². The van der Waals surface area contributed by atoms with Gasteiger partial charge in [-0.15, -0.1) is 0 Å². The fourth-order valence-electron chi connectivity index (χ4n) is 4.69. The van der Waals surface area contributed by atoms with Gasteiger partial charge in [-0.2, -0.15) is 5.26 Å². The fraction of sp³-hybridized carbons (Fsp3) is 0.889. The van der Waals surface area contributed by atoms with E-state index >= 15 is 0 Å². The minimum absolute atomic E-state index is 0.137. The molecule has 6 heteroatoms. The van der Waals surface area contributed by atoms with E-state index < -0.39 is 0 Å². The van der Waals surface area contributed by atoms with Gasteiger partial charge in [-0.1, -0.05) is 0 Å². The minimum Gasteiger partial charge on any atom is -0.381 e. The molecule has 3 fully saturated rings. The lowest BCUT2D eigenvalue weighted by atomic mass is 9.81. The summed E-state index contributed by atoms with van der Waals surface area (Å²) in [7, 11) is 1.81. The molecule has 0 spiro atoms. The smallest absolute Gasteiger partial charge is 0.227 e. The Hall–Kier alpha value is -1.32. The normalized spacial score (nSPS) is 36.5. The number of amides is 1. The zero-order valence-corrected chi connectivity index (χ0v) is 14.7. The van der Waals surface area contributed by atoms with Crippen molar-refractivity contribution in [1.29, 1.82) is 5.26 Å². The predicted octanol–water partition coefficient (Wildman–Crippen LogP) is 1.09. The molecule has 0 aromatic heterocycles. The first-order chi connectivity index (χ1) is 11.7. The number of carbonyl (C=O) groups is 1. The van der Waals surface area contributed by atoms with E-state index in [2.05, 4.69) is 10.6 Å². The molecular weight excluding hydrogens is 304 g/mol. The van der Waals surface area contributed by atoms with Crippen molar-refractivity contribution in [3.8, 4) is 6.19 Å².